The van der Waals surface area contributed by atoms with Gasteiger partial charge < -0.3 is 9.47 Å². The van der Waals surface area contributed by atoms with Gasteiger partial charge in [-0.2, -0.15) is 0 Å². The fraction of sp³-hybridized carbons (Fsp3) is 0.333. The largest absolute Gasteiger partial charge is 0.462 e. The second-order valence-corrected chi connectivity index (χ2v) is 7.97. The zero-order valence-electron chi connectivity index (χ0n) is 19.2. The Morgan fingerprint density at radius 1 is 1.00 bits per heavy atom. The Kier molecular flexibility index (Phi) is 9.86. The van der Waals surface area contributed by atoms with Crippen LogP contribution in [0.3, 0.4) is 0 Å². The molecule has 0 aliphatic heterocycles. The van der Waals surface area contributed by atoms with Gasteiger partial charge in [-0.1, -0.05) is 59.7 Å². The number of carbonyl (C=O) groups excluding carboxylic acids is 2. The lowest BCUT2D eigenvalue weighted by molar-refractivity contribution is -0.150. The summed E-state index contributed by atoms with van der Waals surface area (Å²) in [7, 11) is 0. The number of carbonyl (C=O) groups is 2. The third-order valence-corrected chi connectivity index (χ3v) is 4.96. The molecule has 0 fully saturated rings. The third-order valence-electron chi connectivity index (χ3n) is 4.96. The zero-order chi connectivity index (χ0) is 23.5. The van der Waals surface area contributed by atoms with E-state index in [0.29, 0.717) is 11.1 Å². The van der Waals surface area contributed by atoms with Crippen molar-refractivity contribution in [2.24, 2.45) is 0 Å². The van der Waals surface area contributed by atoms with Crippen LogP contribution >= 0.6 is 0 Å². The Balaban J connectivity index is 1.80. The number of rotatable bonds is 10. The molecule has 0 spiro atoms. The fourth-order valence-electron chi connectivity index (χ4n) is 3.10. The molecule has 4 nitrogen and oxygen atoms in total. The van der Waals surface area contributed by atoms with Gasteiger partial charge in [-0.25, -0.2) is 9.18 Å². The molecule has 1 unspecified atom stereocenters. The summed E-state index contributed by atoms with van der Waals surface area (Å²) < 4.78 is 24.8. The molecule has 2 aromatic rings. The summed E-state index contributed by atoms with van der Waals surface area (Å²) in [5.41, 5.74) is 3.95. The molecule has 0 aliphatic rings. The summed E-state index contributed by atoms with van der Waals surface area (Å²) >= 11 is 0. The second kappa shape index (κ2) is 12.6. The number of hydrogen-bond acceptors (Lipinski definition) is 4. The number of allylic oxidation sites excluding steroid dienone is 3. The van der Waals surface area contributed by atoms with Crippen LogP contribution in [0, 0.1) is 5.82 Å². The maximum absolute atomic E-state index is 14.6. The fourth-order valence-corrected chi connectivity index (χ4v) is 3.10. The van der Waals surface area contributed by atoms with Gasteiger partial charge in [0.25, 0.3) is 0 Å². The van der Waals surface area contributed by atoms with Crippen LogP contribution in [0.5, 0.6) is 0 Å². The van der Waals surface area contributed by atoms with Gasteiger partial charge in [0.15, 0.2) is 0 Å². The SMILES string of the molecule is CC(C)=CCCC(C)=CC(=O)OCCOC(=O)C(C)c1ccc(-c2ccccc2)c(F)c1. The van der Waals surface area contributed by atoms with E-state index in [9.17, 15) is 14.0 Å². The Hall–Kier alpha value is -3.21. The molecule has 5 heteroatoms. The molecule has 0 aromatic heterocycles. The van der Waals surface area contributed by atoms with E-state index < -0.39 is 23.7 Å². The molecule has 170 valence electrons. The molecule has 0 N–H and O–H groups in total. The molecule has 0 amide bonds. The first-order valence-corrected chi connectivity index (χ1v) is 10.8. The van der Waals surface area contributed by atoms with Gasteiger partial charge in [-0.15, -0.1) is 0 Å². The molecule has 0 saturated heterocycles. The summed E-state index contributed by atoms with van der Waals surface area (Å²) in [6.45, 7) is 7.52. The van der Waals surface area contributed by atoms with E-state index in [1.54, 1.807) is 19.1 Å². The maximum Gasteiger partial charge on any atom is 0.330 e. The van der Waals surface area contributed by atoms with Crippen molar-refractivity contribution < 1.29 is 23.5 Å². The first-order chi connectivity index (χ1) is 15.3. The minimum Gasteiger partial charge on any atom is -0.462 e. The van der Waals surface area contributed by atoms with E-state index in [-0.39, 0.29) is 13.2 Å². The minimum absolute atomic E-state index is 0.0314. The number of benzene rings is 2. The predicted octanol–water partition coefficient (Wildman–Crippen LogP) is 6.38. The van der Waals surface area contributed by atoms with Gasteiger partial charge in [0, 0.05) is 11.6 Å². The first-order valence-electron chi connectivity index (χ1n) is 10.8. The lowest BCUT2D eigenvalue weighted by Gasteiger charge is -2.13. The number of ether oxygens (including phenoxy) is 2. The molecule has 0 heterocycles. The van der Waals surface area contributed by atoms with Crippen molar-refractivity contribution in [1.82, 2.24) is 0 Å². The van der Waals surface area contributed by atoms with Gasteiger partial charge in [0.2, 0.25) is 0 Å². The molecule has 1 atom stereocenters. The molecule has 0 bridgehead atoms. The number of hydrogen-bond donors (Lipinski definition) is 0. The summed E-state index contributed by atoms with van der Waals surface area (Å²) in [6.07, 6.45) is 5.23. The van der Waals surface area contributed by atoms with Crippen LogP contribution in [-0.4, -0.2) is 25.2 Å². The molecular weight excluding hydrogens is 407 g/mol. The molecule has 0 radical (unpaired) electrons. The van der Waals surface area contributed by atoms with Crippen molar-refractivity contribution in [3.05, 3.63) is 83.2 Å². The Bertz CT molecular complexity index is 972. The van der Waals surface area contributed by atoms with Crippen molar-refractivity contribution in [3.8, 4) is 11.1 Å². The van der Waals surface area contributed by atoms with E-state index >= 15 is 0 Å². The molecule has 32 heavy (non-hydrogen) atoms. The highest BCUT2D eigenvalue weighted by molar-refractivity contribution is 5.82. The van der Waals surface area contributed by atoms with Crippen LogP contribution in [0.1, 0.15) is 52.0 Å². The van der Waals surface area contributed by atoms with Crippen molar-refractivity contribution in [2.75, 3.05) is 13.2 Å². The van der Waals surface area contributed by atoms with E-state index in [4.69, 9.17) is 9.47 Å². The highest BCUT2D eigenvalue weighted by atomic mass is 19.1. The maximum atomic E-state index is 14.6. The Labute approximate surface area is 189 Å². The number of esters is 2. The van der Waals surface area contributed by atoms with Gasteiger partial charge in [0.05, 0.1) is 5.92 Å². The average Bonchev–Trinajstić information content (AvgIpc) is 2.76. The monoisotopic (exact) mass is 438 g/mol. The molecule has 2 rings (SSSR count). The Morgan fingerprint density at radius 2 is 1.69 bits per heavy atom. The van der Waals surface area contributed by atoms with Crippen molar-refractivity contribution in [2.45, 2.75) is 46.5 Å². The Morgan fingerprint density at radius 3 is 2.34 bits per heavy atom. The summed E-state index contributed by atoms with van der Waals surface area (Å²) in [5.74, 6) is -1.99. The number of halogens is 1. The quantitative estimate of drug-likeness (QED) is 0.187. The second-order valence-electron chi connectivity index (χ2n) is 7.97. The van der Waals surface area contributed by atoms with Crippen molar-refractivity contribution in [3.63, 3.8) is 0 Å². The summed E-state index contributed by atoms with van der Waals surface area (Å²) in [4.78, 5) is 24.1. The lowest BCUT2D eigenvalue weighted by atomic mass is 9.97. The minimum atomic E-state index is -0.637. The van der Waals surface area contributed by atoms with Crippen molar-refractivity contribution >= 4 is 11.9 Å². The van der Waals surface area contributed by atoms with Crippen LogP contribution < -0.4 is 0 Å². The summed E-state index contributed by atoms with van der Waals surface area (Å²) in [5, 5.41) is 0. The van der Waals surface area contributed by atoms with E-state index in [1.807, 2.05) is 51.1 Å². The van der Waals surface area contributed by atoms with Gasteiger partial charge in [-0.3, -0.25) is 4.79 Å². The standard InChI is InChI=1S/C27H31FO4/c1-19(2)9-8-10-20(3)17-26(29)31-15-16-32-27(30)21(4)23-13-14-24(25(28)18-23)22-11-6-5-7-12-22/h5-7,9,11-14,17-18,21H,8,10,15-16H2,1-4H3. The van der Waals surface area contributed by atoms with Crippen LogP contribution in [0.25, 0.3) is 11.1 Å². The highest BCUT2D eigenvalue weighted by Gasteiger charge is 2.19. The van der Waals surface area contributed by atoms with Gasteiger partial charge >= 0.3 is 11.9 Å². The van der Waals surface area contributed by atoms with Gasteiger partial charge in [0.1, 0.15) is 19.0 Å². The average molecular weight is 439 g/mol. The molecular formula is C27H31FO4. The van der Waals surface area contributed by atoms with E-state index in [1.165, 1.54) is 17.7 Å². The van der Waals surface area contributed by atoms with E-state index in [2.05, 4.69) is 6.08 Å². The third kappa shape index (κ3) is 8.14. The lowest BCUT2D eigenvalue weighted by Crippen LogP contribution is -2.17. The predicted molar refractivity (Wildman–Crippen MR) is 125 cm³/mol. The normalized spacial score (nSPS) is 12.1. The molecule has 2 aromatic carbocycles. The zero-order valence-corrected chi connectivity index (χ0v) is 19.2. The van der Waals surface area contributed by atoms with Crippen LogP contribution in [0.2, 0.25) is 0 Å². The van der Waals surface area contributed by atoms with E-state index in [0.717, 1.165) is 24.0 Å². The first kappa shape index (κ1) is 25.1. The van der Waals surface area contributed by atoms with Crippen molar-refractivity contribution in [1.29, 1.82) is 0 Å². The molecule has 0 aliphatic carbocycles. The molecule has 0 saturated carbocycles. The van der Waals surface area contributed by atoms with Crippen LogP contribution in [-0.2, 0) is 19.1 Å². The topological polar surface area (TPSA) is 52.6 Å². The highest BCUT2D eigenvalue weighted by Crippen LogP contribution is 2.26. The van der Waals surface area contributed by atoms with Crippen LogP contribution in [0.15, 0.2) is 71.8 Å². The van der Waals surface area contributed by atoms with Crippen LogP contribution in [0.4, 0.5) is 4.39 Å². The van der Waals surface area contributed by atoms with Gasteiger partial charge in [-0.05, 0) is 57.7 Å². The smallest absolute Gasteiger partial charge is 0.330 e. The summed E-state index contributed by atoms with van der Waals surface area (Å²) in [6, 6.07) is 14.0.